The fraction of sp³-hybridized carbons (Fsp3) is 0.435. The topological polar surface area (TPSA) is 122 Å². The van der Waals surface area contributed by atoms with Crippen molar-refractivity contribution in [3.63, 3.8) is 0 Å². The van der Waals surface area contributed by atoms with Crippen LogP contribution in [0.25, 0.3) is 11.3 Å². The van der Waals surface area contributed by atoms with Crippen molar-refractivity contribution >= 4 is 17.7 Å². The number of benzene rings is 1. The molecule has 4 N–H and O–H groups in total. The van der Waals surface area contributed by atoms with Crippen LogP contribution in [0, 0.1) is 5.92 Å². The van der Waals surface area contributed by atoms with Crippen molar-refractivity contribution < 1.29 is 23.5 Å². The van der Waals surface area contributed by atoms with Gasteiger partial charge in [0.05, 0.1) is 13.2 Å². The lowest BCUT2D eigenvalue weighted by molar-refractivity contribution is -0.126. The quantitative estimate of drug-likeness (QED) is 0.485. The van der Waals surface area contributed by atoms with Crippen molar-refractivity contribution in [2.24, 2.45) is 5.92 Å². The van der Waals surface area contributed by atoms with Gasteiger partial charge in [-0.1, -0.05) is 32.0 Å². The monoisotopic (exact) mass is 442 g/mol. The third kappa shape index (κ3) is 5.95. The normalized spacial score (nSPS) is 16.9. The standard InChI is InChI=1S/C23H30N4O5/c1-14(2)20(23(30)24-3)27-22(29)19-8-7-18(32-19)16-6-4-5-15(11-16)12-26-21(28)17-13-31-10-9-25-17/h4-8,11,14,17,20,25H,9-10,12-13H2,1-3H3,(H,24,30)(H,26,28)(H,27,29). The van der Waals surface area contributed by atoms with E-state index in [9.17, 15) is 14.4 Å². The maximum Gasteiger partial charge on any atom is 0.287 e. The van der Waals surface area contributed by atoms with Crippen LogP contribution in [0.5, 0.6) is 0 Å². The maximum atomic E-state index is 12.6. The molecule has 172 valence electrons. The molecular formula is C23H30N4O5. The Morgan fingerprint density at radius 1 is 1.19 bits per heavy atom. The van der Waals surface area contributed by atoms with Crippen LogP contribution < -0.4 is 21.3 Å². The highest BCUT2D eigenvalue weighted by Crippen LogP contribution is 2.23. The van der Waals surface area contributed by atoms with Crippen molar-refractivity contribution in [2.45, 2.75) is 32.5 Å². The summed E-state index contributed by atoms with van der Waals surface area (Å²) in [7, 11) is 1.53. The minimum atomic E-state index is -0.656. The van der Waals surface area contributed by atoms with Gasteiger partial charge in [0, 0.05) is 25.7 Å². The summed E-state index contributed by atoms with van der Waals surface area (Å²) in [6.07, 6.45) is 0. The second kappa shape index (κ2) is 10.9. The van der Waals surface area contributed by atoms with Crippen LogP contribution in [-0.2, 0) is 20.9 Å². The average molecular weight is 443 g/mol. The van der Waals surface area contributed by atoms with Gasteiger partial charge in [0.25, 0.3) is 5.91 Å². The first-order chi connectivity index (χ1) is 15.4. The lowest BCUT2D eigenvalue weighted by Crippen LogP contribution is -2.51. The van der Waals surface area contributed by atoms with Gasteiger partial charge < -0.3 is 30.4 Å². The largest absolute Gasteiger partial charge is 0.451 e. The zero-order valence-electron chi connectivity index (χ0n) is 18.6. The number of furan rings is 1. The molecule has 1 aromatic carbocycles. The molecule has 2 aromatic rings. The molecule has 0 radical (unpaired) electrons. The molecule has 0 spiro atoms. The molecule has 2 heterocycles. The van der Waals surface area contributed by atoms with Gasteiger partial charge in [0.15, 0.2) is 5.76 Å². The van der Waals surface area contributed by atoms with Gasteiger partial charge in [-0.2, -0.15) is 0 Å². The first kappa shape index (κ1) is 23.5. The molecule has 2 atom stereocenters. The first-order valence-electron chi connectivity index (χ1n) is 10.7. The maximum absolute atomic E-state index is 12.6. The fourth-order valence-corrected chi connectivity index (χ4v) is 3.40. The third-order valence-corrected chi connectivity index (χ3v) is 5.23. The van der Waals surface area contributed by atoms with Gasteiger partial charge in [0.2, 0.25) is 11.8 Å². The molecule has 1 fully saturated rings. The Balaban J connectivity index is 1.63. The van der Waals surface area contributed by atoms with Gasteiger partial charge in [-0.3, -0.25) is 14.4 Å². The van der Waals surface area contributed by atoms with Crippen molar-refractivity contribution in [2.75, 3.05) is 26.8 Å². The Morgan fingerprint density at radius 3 is 2.69 bits per heavy atom. The number of carbonyl (C=O) groups excluding carboxylic acids is 3. The predicted molar refractivity (Wildman–Crippen MR) is 119 cm³/mol. The highest BCUT2D eigenvalue weighted by molar-refractivity contribution is 5.96. The average Bonchev–Trinajstić information content (AvgIpc) is 3.31. The minimum Gasteiger partial charge on any atom is -0.451 e. The fourth-order valence-electron chi connectivity index (χ4n) is 3.40. The van der Waals surface area contributed by atoms with Crippen molar-refractivity contribution in [1.82, 2.24) is 21.3 Å². The summed E-state index contributed by atoms with van der Waals surface area (Å²) in [4.78, 5) is 36.8. The molecule has 9 heteroatoms. The number of hydrogen-bond acceptors (Lipinski definition) is 6. The van der Waals surface area contributed by atoms with Crippen LogP contribution in [0.4, 0.5) is 0 Å². The van der Waals surface area contributed by atoms with E-state index in [-0.39, 0.29) is 29.5 Å². The molecule has 1 aliphatic heterocycles. The van der Waals surface area contributed by atoms with Crippen molar-refractivity contribution in [1.29, 1.82) is 0 Å². The second-order valence-corrected chi connectivity index (χ2v) is 7.97. The lowest BCUT2D eigenvalue weighted by atomic mass is 10.0. The number of rotatable bonds is 8. The zero-order chi connectivity index (χ0) is 23.1. The number of nitrogens with one attached hydrogen (secondary N) is 4. The van der Waals surface area contributed by atoms with Gasteiger partial charge in [-0.05, 0) is 29.7 Å². The van der Waals surface area contributed by atoms with E-state index >= 15 is 0 Å². The van der Waals surface area contributed by atoms with E-state index < -0.39 is 11.9 Å². The summed E-state index contributed by atoms with van der Waals surface area (Å²) in [6.45, 7) is 5.70. The molecule has 0 aliphatic carbocycles. The van der Waals surface area contributed by atoms with Gasteiger partial charge in [-0.15, -0.1) is 0 Å². The summed E-state index contributed by atoms with van der Waals surface area (Å²) in [5, 5.41) is 11.3. The van der Waals surface area contributed by atoms with E-state index in [0.29, 0.717) is 32.1 Å². The van der Waals surface area contributed by atoms with E-state index in [1.165, 1.54) is 7.05 Å². The summed E-state index contributed by atoms with van der Waals surface area (Å²) < 4.78 is 11.1. The lowest BCUT2D eigenvalue weighted by Gasteiger charge is -2.22. The van der Waals surface area contributed by atoms with Crippen LogP contribution in [-0.4, -0.2) is 56.6 Å². The molecule has 32 heavy (non-hydrogen) atoms. The first-order valence-corrected chi connectivity index (χ1v) is 10.7. The van der Waals surface area contributed by atoms with Crippen LogP contribution in [0.3, 0.4) is 0 Å². The van der Waals surface area contributed by atoms with Crippen LogP contribution in [0.1, 0.15) is 30.0 Å². The summed E-state index contributed by atoms with van der Waals surface area (Å²) in [6, 6.07) is 9.81. The van der Waals surface area contributed by atoms with Crippen LogP contribution in [0.2, 0.25) is 0 Å². The molecule has 0 saturated carbocycles. The smallest absolute Gasteiger partial charge is 0.287 e. The molecule has 3 rings (SSSR count). The Hall–Kier alpha value is -3.17. The second-order valence-electron chi connectivity index (χ2n) is 7.97. The summed E-state index contributed by atoms with van der Waals surface area (Å²) >= 11 is 0. The van der Waals surface area contributed by atoms with Crippen LogP contribution in [0.15, 0.2) is 40.8 Å². The number of morpholine rings is 1. The minimum absolute atomic E-state index is 0.0735. The molecule has 0 bridgehead atoms. The highest BCUT2D eigenvalue weighted by Gasteiger charge is 2.25. The van der Waals surface area contributed by atoms with Gasteiger partial charge >= 0.3 is 0 Å². The number of ether oxygens (including phenoxy) is 1. The van der Waals surface area contributed by atoms with Gasteiger partial charge in [0.1, 0.15) is 17.8 Å². The van der Waals surface area contributed by atoms with Crippen LogP contribution >= 0.6 is 0 Å². The number of hydrogen-bond donors (Lipinski definition) is 4. The van der Waals surface area contributed by atoms with E-state index in [4.69, 9.17) is 9.15 Å². The Kier molecular flexibility index (Phi) is 8.02. The zero-order valence-corrected chi connectivity index (χ0v) is 18.6. The molecule has 3 amide bonds. The SMILES string of the molecule is CNC(=O)C(NC(=O)c1ccc(-c2cccc(CNC(=O)C3COCCN3)c2)o1)C(C)C. The van der Waals surface area contributed by atoms with Gasteiger partial charge in [-0.25, -0.2) is 0 Å². The van der Waals surface area contributed by atoms with E-state index in [0.717, 1.165) is 11.1 Å². The molecule has 1 saturated heterocycles. The Labute approximate surface area is 187 Å². The van der Waals surface area contributed by atoms with E-state index in [1.807, 2.05) is 38.1 Å². The number of carbonyl (C=O) groups is 3. The number of amides is 3. The third-order valence-electron chi connectivity index (χ3n) is 5.23. The summed E-state index contributed by atoms with van der Waals surface area (Å²) in [5.74, 6) is -0.254. The van der Waals surface area contributed by atoms with Crippen molar-refractivity contribution in [3.8, 4) is 11.3 Å². The van der Waals surface area contributed by atoms with Crippen molar-refractivity contribution in [3.05, 3.63) is 47.7 Å². The molecule has 1 aromatic heterocycles. The molecular weight excluding hydrogens is 412 g/mol. The molecule has 9 nitrogen and oxygen atoms in total. The molecule has 2 unspecified atom stereocenters. The summed E-state index contributed by atoms with van der Waals surface area (Å²) in [5.41, 5.74) is 1.68. The Bertz CT molecular complexity index is 949. The van der Waals surface area contributed by atoms with E-state index in [1.54, 1.807) is 12.1 Å². The molecule has 1 aliphatic rings. The highest BCUT2D eigenvalue weighted by atomic mass is 16.5. The Morgan fingerprint density at radius 2 is 2.00 bits per heavy atom. The van der Waals surface area contributed by atoms with E-state index in [2.05, 4.69) is 21.3 Å². The predicted octanol–water partition coefficient (Wildman–Crippen LogP) is 1.05. The number of likely N-dealkylation sites (N-methyl/N-ethyl adjacent to an activating group) is 1.